The lowest BCUT2D eigenvalue weighted by atomic mass is 9.89. The zero-order valence-electron chi connectivity index (χ0n) is 8.38. The van der Waals surface area contributed by atoms with Crippen molar-refractivity contribution in [3.63, 3.8) is 0 Å². The number of nitrogen functional groups attached to an aromatic ring is 1. The van der Waals surface area contributed by atoms with Crippen molar-refractivity contribution in [2.24, 2.45) is 5.41 Å². The maximum atomic E-state index is 5.78. The molecule has 0 unspecified atom stereocenters. The van der Waals surface area contributed by atoms with Crippen LogP contribution in [0.25, 0.3) is 0 Å². The van der Waals surface area contributed by atoms with Crippen molar-refractivity contribution in [3.05, 3.63) is 16.3 Å². The third-order valence-corrected chi connectivity index (χ3v) is 3.45. The maximum Gasteiger partial charge on any atom is 0.0554 e. The zero-order chi connectivity index (χ0) is 10.0. The summed E-state index contributed by atoms with van der Waals surface area (Å²) in [6, 6.07) is 1.95. The second-order valence-corrected chi connectivity index (χ2v) is 5.21. The summed E-state index contributed by atoms with van der Waals surface area (Å²) in [6.07, 6.45) is 0. The summed E-state index contributed by atoms with van der Waals surface area (Å²) in [5.74, 6) is 0. The summed E-state index contributed by atoms with van der Waals surface area (Å²) in [4.78, 5) is 1.23. The van der Waals surface area contributed by atoms with Crippen LogP contribution in [0.5, 0.6) is 0 Å². The predicted octanol–water partition coefficient (Wildman–Crippen LogP) is 1.46. The highest BCUT2D eigenvalue weighted by molar-refractivity contribution is 7.10. The van der Waals surface area contributed by atoms with E-state index in [9.17, 15) is 0 Å². The summed E-state index contributed by atoms with van der Waals surface area (Å²) in [7, 11) is 0. The molecule has 1 aromatic heterocycles. The molecule has 14 heavy (non-hydrogen) atoms. The molecule has 1 fully saturated rings. The largest absolute Gasteiger partial charge is 0.398 e. The van der Waals surface area contributed by atoms with E-state index in [1.807, 2.05) is 11.4 Å². The first kappa shape index (κ1) is 9.96. The molecule has 2 rings (SSSR count). The molecule has 4 heteroatoms. The minimum atomic E-state index is 0.339. The van der Waals surface area contributed by atoms with E-state index in [2.05, 4.69) is 12.2 Å². The Balaban J connectivity index is 1.75. The molecule has 1 saturated heterocycles. The van der Waals surface area contributed by atoms with E-state index in [0.29, 0.717) is 5.41 Å². The van der Waals surface area contributed by atoms with E-state index in [-0.39, 0.29) is 0 Å². The zero-order valence-corrected chi connectivity index (χ0v) is 9.19. The summed E-state index contributed by atoms with van der Waals surface area (Å²) in [5, 5.41) is 5.45. The second kappa shape index (κ2) is 3.88. The van der Waals surface area contributed by atoms with Crippen LogP contribution in [0.15, 0.2) is 11.4 Å². The molecule has 3 nitrogen and oxygen atoms in total. The number of ether oxygens (including phenoxy) is 1. The maximum absolute atomic E-state index is 5.78. The van der Waals surface area contributed by atoms with Crippen molar-refractivity contribution in [2.45, 2.75) is 13.5 Å². The van der Waals surface area contributed by atoms with Gasteiger partial charge in [0.25, 0.3) is 0 Å². The van der Waals surface area contributed by atoms with Crippen LogP contribution in [0.1, 0.15) is 11.8 Å². The molecule has 0 radical (unpaired) electrons. The highest BCUT2D eigenvalue weighted by Gasteiger charge is 2.32. The van der Waals surface area contributed by atoms with Crippen molar-refractivity contribution in [2.75, 3.05) is 25.5 Å². The average molecular weight is 212 g/mol. The van der Waals surface area contributed by atoms with Crippen LogP contribution in [0.2, 0.25) is 0 Å². The van der Waals surface area contributed by atoms with E-state index in [0.717, 1.165) is 32.0 Å². The molecule has 0 bridgehead atoms. The molecular formula is C10H16N2OS. The summed E-state index contributed by atoms with van der Waals surface area (Å²) < 4.78 is 5.19. The quantitative estimate of drug-likeness (QED) is 0.794. The van der Waals surface area contributed by atoms with Gasteiger partial charge in [-0.1, -0.05) is 6.92 Å². The average Bonchev–Trinajstić information content (AvgIpc) is 2.49. The topological polar surface area (TPSA) is 47.3 Å². The highest BCUT2D eigenvalue weighted by Crippen LogP contribution is 2.25. The molecule has 1 aromatic rings. The Bertz CT molecular complexity index is 307. The molecule has 0 aliphatic carbocycles. The van der Waals surface area contributed by atoms with Crippen LogP contribution in [0.4, 0.5) is 5.69 Å². The Morgan fingerprint density at radius 3 is 2.93 bits per heavy atom. The van der Waals surface area contributed by atoms with E-state index in [1.54, 1.807) is 11.3 Å². The van der Waals surface area contributed by atoms with Crippen molar-refractivity contribution in [1.29, 1.82) is 0 Å². The fourth-order valence-corrected chi connectivity index (χ4v) is 2.29. The normalized spacial score (nSPS) is 19.2. The van der Waals surface area contributed by atoms with E-state index in [1.165, 1.54) is 4.88 Å². The fourth-order valence-electron chi connectivity index (χ4n) is 1.52. The number of thiophene rings is 1. The van der Waals surface area contributed by atoms with Crippen molar-refractivity contribution < 1.29 is 4.74 Å². The minimum Gasteiger partial charge on any atom is -0.398 e. The van der Waals surface area contributed by atoms with Crippen molar-refractivity contribution in [1.82, 2.24) is 5.32 Å². The standard InChI is InChI=1S/C10H16N2OS/c1-10(6-13-7-10)5-12-4-9-8(11)2-3-14-9/h2-3,12H,4-7,11H2,1H3. The highest BCUT2D eigenvalue weighted by atomic mass is 32.1. The number of rotatable bonds is 4. The molecule has 0 saturated carbocycles. The molecule has 0 spiro atoms. The van der Waals surface area contributed by atoms with Gasteiger partial charge in [-0.2, -0.15) is 0 Å². The molecule has 0 amide bonds. The first-order chi connectivity index (χ1) is 6.70. The van der Waals surface area contributed by atoms with E-state index < -0.39 is 0 Å². The number of anilines is 1. The van der Waals surface area contributed by atoms with Gasteiger partial charge in [-0.05, 0) is 11.4 Å². The Morgan fingerprint density at radius 1 is 1.64 bits per heavy atom. The number of hydrogen-bond acceptors (Lipinski definition) is 4. The summed E-state index contributed by atoms with van der Waals surface area (Å²) in [6.45, 7) is 5.87. The van der Waals surface area contributed by atoms with Crippen molar-refractivity contribution in [3.8, 4) is 0 Å². The predicted molar refractivity (Wildman–Crippen MR) is 59.4 cm³/mol. The van der Waals surface area contributed by atoms with Gasteiger partial charge in [0, 0.05) is 29.1 Å². The number of nitrogens with two attached hydrogens (primary N) is 1. The minimum absolute atomic E-state index is 0.339. The first-order valence-electron chi connectivity index (χ1n) is 4.80. The molecular weight excluding hydrogens is 196 g/mol. The summed E-state index contributed by atoms with van der Waals surface area (Å²) in [5.41, 5.74) is 7.02. The lowest BCUT2D eigenvalue weighted by Crippen LogP contribution is -2.47. The number of nitrogens with one attached hydrogen (secondary N) is 1. The van der Waals surface area contributed by atoms with Gasteiger partial charge in [0.2, 0.25) is 0 Å². The Kier molecular flexibility index (Phi) is 2.76. The molecule has 0 aromatic carbocycles. The van der Waals surface area contributed by atoms with Gasteiger partial charge >= 0.3 is 0 Å². The SMILES string of the molecule is CC1(CNCc2sccc2N)COC1. The van der Waals surface area contributed by atoms with Crippen LogP contribution in [-0.2, 0) is 11.3 Å². The third kappa shape index (κ3) is 2.08. The van der Waals surface area contributed by atoms with E-state index in [4.69, 9.17) is 10.5 Å². The number of hydrogen-bond donors (Lipinski definition) is 2. The van der Waals surface area contributed by atoms with Gasteiger partial charge in [0.1, 0.15) is 0 Å². The molecule has 3 N–H and O–H groups in total. The molecule has 2 heterocycles. The Morgan fingerprint density at radius 2 is 2.43 bits per heavy atom. The van der Waals surface area contributed by atoms with Gasteiger partial charge < -0.3 is 15.8 Å². The van der Waals surface area contributed by atoms with Gasteiger partial charge in [0.05, 0.1) is 13.2 Å². The van der Waals surface area contributed by atoms with Crippen LogP contribution in [0, 0.1) is 5.41 Å². The van der Waals surface area contributed by atoms with E-state index >= 15 is 0 Å². The fraction of sp³-hybridized carbons (Fsp3) is 0.600. The van der Waals surface area contributed by atoms with Gasteiger partial charge in [0.15, 0.2) is 0 Å². The lowest BCUT2D eigenvalue weighted by molar-refractivity contribution is -0.0991. The molecule has 1 aliphatic rings. The van der Waals surface area contributed by atoms with Crippen LogP contribution in [0.3, 0.4) is 0 Å². The Labute approximate surface area is 88.3 Å². The van der Waals surface area contributed by atoms with Crippen LogP contribution < -0.4 is 11.1 Å². The first-order valence-corrected chi connectivity index (χ1v) is 5.68. The lowest BCUT2D eigenvalue weighted by Gasteiger charge is -2.38. The van der Waals surface area contributed by atoms with Gasteiger partial charge in [-0.3, -0.25) is 0 Å². The monoisotopic (exact) mass is 212 g/mol. The van der Waals surface area contributed by atoms with Crippen molar-refractivity contribution >= 4 is 17.0 Å². The summed E-state index contributed by atoms with van der Waals surface area (Å²) >= 11 is 1.71. The second-order valence-electron chi connectivity index (χ2n) is 4.21. The van der Waals surface area contributed by atoms with Gasteiger partial charge in [-0.15, -0.1) is 11.3 Å². The molecule has 0 atom stereocenters. The molecule has 78 valence electrons. The van der Waals surface area contributed by atoms with Crippen LogP contribution in [-0.4, -0.2) is 19.8 Å². The van der Waals surface area contributed by atoms with Gasteiger partial charge in [-0.25, -0.2) is 0 Å². The van der Waals surface area contributed by atoms with Crippen LogP contribution >= 0.6 is 11.3 Å². The Hall–Kier alpha value is -0.580. The third-order valence-electron chi connectivity index (χ3n) is 2.52. The smallest absolute Gasteiger partial charge is 0.0554 e. The molecule has 1 aliphatic heterocycles.